The van der Waals surface area contributed by atoms with Crippen molar-refractivity contribution in [3.05, 3.63) is 63.1 Å². The fraction of sp³-hybridized carbons (Fsp3) is 0.548. The maximum absolute atomic E-state index is 14.0. The second-order valence-electron chi connectivity index (χ2n) is 11.5. The van der Waals surface area contributed by atoms with E-state index in [0.717, 1.165) is 5.56 Å². The molecule has 3 unspecified atom stereocenters. The van der Waals surface area contributed by atoms with Crippen LogP contribution in [0.4, 0.5) is 14.5 Å². The summed E-state index contributed by atoms with van der Waals surface area (Å²) in [5.41, 5.74) is 2.45. The predicted molar refractivity (Wildman–Crippen MR) is 177 cm³/mol. The van der Waals surface area contributed by atoms with Gasteiger partial charge in [0.1, 0.15) is 11.6 Å². The molecule has 0 aromatic heterocycles. The molecule has 0 spiro atoms. The van der Waals surface area contributed by atoms with E-state index < -0.39 is 26.3 Å². The van der Waals surface area contributed by atoms with Crippen molar-refractivity contribution in [2.24, 2.45) is 5.41 Å². The topological polar surface area (TPSA) is 118 Å². The van der Waals surface area contributed by atoms with Gasteiger partial charge in [0.15, 0.2) is 0 Å². The van der Waals surface area contributed by atoms with Crippen LogP contribution in [0.1, 0.15) is 70.9 Å². The number of carbonyl (C=O) groups is 2. The number of hydrogen-bond donors (Lipinski definition) is 4. The van der Waals surface area contributed by atoms with Crippen molar-refractivity contribution in [2.45, 2.75) is 65.9 Å². The number of benzene rings is 2. The average molecular weight is 697 g/mol. The Bertz CT molecular complexity index is 1170. The standard InChI is InChI=1S/C17H14Cl2F2N2O.C9H20NO5P.C5H12/c18-13-3-9(1-2-15(13)20)11-6-22-7-12(11)10-4-16(21)14(19)5-17(10)23-8-24;1-3-13-16(14-4-2)15-7-9(12)5-6-10-8-11;1-5(2,3)4/h1-5,8,11-12,22H,6-7H2,(H,23,24);8-9,12H,3-7H2,1-2H3,(H,10,11);1-4H3. The summed E-state index contributed by atoms with van der Waals surface area (Å²) in [5, 5.41) is 17.7. The zero-order valence-electron chi connectivity index (χ0n) is 26.7. The number of rotatable bonds is 15. The molecule has 2 aromatic rings. The second-order valence-corrected chi connectivity index (χ2v) is 13.6. The lowest BCUT2D eigenvalue weighted by Gasteiger charge is -2.22. The monoisotopic (exact) mass is 695 g/mol. The third-order valence-corrected chi connectivity index (χ3v) is 7.72. The zero-order chi connectivity index (χ0) is 34.0. The number of aliphatic hydroxyl groups is 1. The van der Waals surface area contributed by atoms with Gasteiger partial charge in [-0.1, -0.05) is 57.0 Å². The Morgan fingerprint density at radius 2 is 1.58 bits per heavy atom. The Morgan fingerprint density at radius 3 is 2.13 bits per heavy atom. The highest BCUT2D eigenvalue weighted by Gasteiger charge is 2.32. The number of hydrogen-bond acceptors (Lipinski definition) is 7. The van der Waals surface area contributed by atoms with E-state index in [2.05, 4.69) is 43.6 Å². The number of aliphatic hydroxyl groups excluding tert-OH is 1. The van der Waals surface area contributed by atoms with Gasteiger partial charge in [0.05, 0.1) is 36.0 Å². The summed E-state index contributed by atoms with van der Waals surface area (Å²) in [7, 11) is -1.36. The minimum atomic E-state index is -1.36. The van der Waals surface area contributed by atoms with Crippen LogP contribution in [0, 0.1) is 17.0 Å². The van der Waals surface area contributed by atoms with E-state index in [-0.39, 0.29) is 28.5 Å². The first-order valence-corrected chi connectivity index (χ1v) is 16.5. The molecule has 0 radical (unpaired) electrons. The van der Waals surface area contributed by atoms with Crippen LogP contribution >= 0.6 is 31.8 Å². The highest BCUT2D eigenvalue weighted by atomic mass is 35.5. The normalized spacial score (nSPS) is 16.6. The molecule has 0 bridgehead atoms. The van der Waals surface area contributed by atoms with E-state index in [1.165, 1.54) is 18.2 Å². The Labute approximate surface area is 276 Å². The smallest absolute Gasteiger partial charge is 0.332 e. The van der Waals surface area contributed by atoms with Crippen LogP contribution in [0.15, 0.2) is 30.3 Å². The summed E-state index contributed by atoms with van der Waals surface area (Å²) >= 11 is 11.7. The quantitative estimate of drug-likeness (QED) is 0.0887. The molecular weight excluding hydrogens is 650 g/mol. The summed E-state index contributed by atoms with van der Waals surface area (Å²) in [6, 6.07) is 7.31. The van der Waals surface area contributed by atoms with Gasteiger partial charge in [0.25, 0.3) is 0 Å². The molecule has 3 rings (SSSR count). The molecule has 4 N–H and O–H groups in total. The minimum absolute atomic E-state index is 0.0316. The molecule has 9 nitrogen and oxygen atoms in total. The number of nitrogens with one attached hydrogen (secondary N) is 3. The van der Waals surface area contributed by atoms with Crippen LogP contribution in [-0.4, -0.2) is 63.5 Å². The largest absolute Gasteiger partial charge is 0.391 e. The lowest BCUT2D eigenvalue weighted by molar-refractivity contribution is -0.109. The number of halogens is 4. The van der Waals surface area contributed by atoms with E-state index in [9.17, 15) is 23.5 Å². The Hall–Kier alpha value is -1.95. The molecular formula is C31H46Cl2F2N3O6P. The van der Waals surface area contributed by atoms with Crippen LogP contribution in [0.25, 0.3) is 0 Å². The molecule has 2 amide bonds. The SMILES string of the molecule is CC(C)(C)C.CCOP(OCC)OCC(O)CCNC=O.O=CNc1cc(Cl)c(F)cc1C1CNCC1c1ccc(F)c(Cl)c1. The first kappa shape index (κ1) is 41.1. The molecule has 0 saturated carbocycles. The highest BCUT2D eigenvalue weighted by molar-refractivity contribution is 7.41. The molecule has 1 heterocycles. The highest BCUT2D eigenvalue weighted by Crippen LogP contribution is 2.41. The summed E-state index contributed by atoms with van der Waals surface area (Å²) < 4.78 is 43.0. The van der Waals surface area contributed by atoms with Gasteiger partial charge in [0.2, 0.25) is 12.8 Å². The molecule has 3 atom stereocenters. The number of carbonyl (C=O) groups excluding carboxylic acids is 2. The third kappa shape index (κ3) is 16.4. The van der Waals surface area contributed by atoms with Crippen molar-refractivity contribution in [2.75, 3.05) is 44.8 Å². The minimum Gasteiger partial charge on any atom is -0.391 e. The van der Waals surface area contributed by atoms with Gasteiger partial charge in [-0.15, -0.1) is 0 Å². The second kappa shape index (κ2) is 21.8. The molecule has 1 aliphatic rings. The van der Waals surface area contributed by atoms with Gasteiger partial charge in [0, 0.05) is 37.2 Å². The van der Waals surface area contributed by atoms with E-state index >= 15 is 0 Å². The van der Waals surface area contributed by atoms with Gasteiger partial charge in [-0.2, -0.15) is 0 Å². The zero-order valence-corrected chi connectivity index (χ0v) is 29.1. The fourth-order valence-electron chi connectivity index (χ4n) is 4.02. The summed E-state index contributed by atoms with van der Waals surface area (Å²) in [5.74, 6) is -1.17. The van der Waals surface area contributed by atoms with Crippen molar-refractivity contribution in [1.29, 1.82) is 0 Å². The van der Waals surface area contributed by atoms with E-state index in [1.807, 2.05) is 13.8 Å². The summed E-state index contributed by atoms with van der Waals surface area (Å²) in [6.45, 7) is 15.3. The molecule has 0 aliphatic carbocycles. The Morgan fingerprint density at radius 1 is 0.978 bits per heavy atom. The lowest BCUT2D eigenvalue weighted by Crippen LogP contribution is -2.22. The molecule has 45 heavy (non-hydrogen) atoms. The van der Waals surface area contributed by atoms with Crippen molar-refractivity contribution >= 4 is 50.3 Å². The first-order chi connectivity index (χ1) is 21.2. The molecule has 2 aromatic carbocycles. The van der Waals surface area contributed by atoms with Crippen LogP contribution in [0.2, 0.25) is 10.0 Å². The van der Waals surface area contributed by atoms with Gasteiger partial charge in [-0.25, -0.2) is 8.78 Å². The van der Waals surface area contributed by atoms with Crippen molar-refractivity contribution in [3.8, 4) is 0 Å². The van der Waals surface area contributed by atoms with Crippen LogP contribution in [0.3, 0.4) is 0 Å². The van der Waals surface area contributed by atoms with Crippen LogP contribution in [-0.2, 0) is 23.2 Å². The molecule has 1 aliphatic heterocycles. The first-order valence-electron chi connectivity index (χ1n) is 14.6. The van der Waals surface area contributed by atoms with E-state index in [0.29, 0.717) is 68.8 Å². The van der Waals surface area contributed by atoms with Crippen molar-refractivity contribution < 1.29 is 37.0 Å². The van der Waals surface area contributed by atoms with Crippen LogP contribution in [0.5, 0.6) is 0 Å². The number of anilines is 1. The van der Waals surface area contributed by atoms with E-state index in [1.54, 1.807) is 12.1 Å². The van der Waals surface area contributed by atoms with Gasteiger partial charge in [-0.05, 0) is 61.1 Å². The fourth-order valence-corrected chi connectivity index (χ4v) is 5.31. The maximum Gasteiger partial charge on any atom is 0.332 e. The van der Waals surface area contributed by atoms with Gasteiger partial charge < -0.3 is 34.6 Å². The number of amides is 2. The summed E-state index contributed by atoms with van der Waals surface area (Å²) in [4.78, 5) is 20.8. The Kier molecular flexibility index (Phi) is 19.9. The Balaban J connectivity index is 0.000000417. The van der Waals surface area contributed by atoms with Gasteiger partial charge in [-0.3, -0.25) is 9.59 Å². The molecule has 14 heteroatoms. The maximum atomic E-state index is 14.0. The molecule has 254 valence electrons. The predicted octanol–water partition coefficient (Wildman–Crippen LogP) is 7.16. The van der Waals surface area contributed by atoms with Crippen molar-refractivity contribution in [1.82, 2.24) is 10.6 Å². The van der Waals surface area contributed by atoms with Crippen molar-refractivity contribution in [3.63, 3.8) is 0 Å². The van der Waals surface area contributed by atoms with Crippen LogP contribution < -0.4 is 16.0 Å². The third-order valence-electron chi connectivity index (χ3n) is 5.84. The van der Waals surface area contributed by atoms with E-state index in [4.69, 9.17) is 36.8 Å². The molecule has 1 saturated heterocycles. The summed E-state index contributed by atoms with van der Waals surface area (Å²) in [6.07, 6.45) is 0.943. The van der Waals surface area contributed by atoms with Gasteiger partial charge >= 0.3 is 8.60 Å². The molecule has 1 fully saturated rings. The average Bonchev–Trinajstić information content (AvgIpc) is 3.45. The lowest BCUT2D eigenvalue weighted by atomic mass is 9.83.